The van der Waals surface area contributed by atoms with Crippen molar-refractivity contribution < 1.29 is 13.2 Å². The third-order valence-electron chi connectivity index (χ3n) is 4.29. The van der Waals surface area contributed by atoms with E-state index in [-0.39, 0.29) is 23.5 Å². The number of nitrogens with zero attached hydrogens (tertiary/aromatic N) is 1. The zero-order chi connectivity index (χ0) is 13.3. The number of rotatable bonds is 2. The van der Waals surface area contributed by atoms with E-state index >= 15 is 0 Å². The van der Waals surface area contributed by atoms with Gasteiger partial charge in [-0.25, -0.2) is 8.42 Å². The van der Waals surface area contributed by atoms with Gasteiger partial charge in [0.25, 0.3) is 0 Å². The second-order valence-corrected chi connectivity index (χ2v) is 8.23. The second-order valence-electron chi connectivity index (χ2n) is 6.00. The average molecular weight is 273 g/mol. The van der Waals surface area contributed by atoms with Gasteiger partial charge in [-0.3, -0.25) is 9.69 Å². The lowest BCUT2D eigenvalue weighted by Gasteiger charge is -2.37. The smallest absolute Gasteiger partial charge is 0.153 e. The fraction of sp³-hybridized carbons (Fsp3) is 0.923. The molecule has 4 nitrogen and oxygen atoms in total. The molecule has 1 saturated heterocycles. The molecule has 1 aliphatic carbocycles. The van der Waals surface area contributed by atoms with Crippen LogP contribution < -0.4 is 0 Å². The lowest BCUT2D eigenvalue weighted by molar-refractivity contribution is -0.126. The molecule has 0 aromatic heterocycles. The van der Waals surface area contributed by atoms with Crippen LogP contribution in [0.3, 0.4) is 0 Å². The number of carbonyl (C=O) groups excluding carboxylic acids is 1. The number of Topliss-reactive ketones (excluding diaryl/α,β-unsaturated/α-hetero) is 1. The summed E-state index contributed by atoms with van der Waals surface area (Å²) < 4.78 is 23.0. The van der Waals surface area contributed by atoms with Crippen LogP contribution >= 0.6 is 0 Å². The Morgan fingerprint density at radius 2 is 2.06 bits per heavy atom. The van der Waals surface area contributed by atoms with Gasteiger partial charge in [0, 0.05) is 31.5 Å². The van der Waals surface area contributed by atoms with E-state index in [2.05, 4.69) is 11.8 Å². The maximum Gasteiger partial charge on any atom is 0.153 e. The summed E-state index contributed by atoms with van der Waals surface area (Å²) in [6, 6.07) is 0.0498. The molecule has 0 radical (unpaired) electrons. The van der Waals surface area contributed by atoms with Crippen molar-refractivity contribution in [1.29, 1.82) is 0 Å². The summed E-state index contributed by atoms with van der Waals surface area (Å²) in [4.78, 5) is 14.1. The summed E-state index contributed by atoms with van der Waals surface area (Å²) in [5.74, 6) is 1.60. The first-order valence-corrected chi connectivity index (χ1v) is 8.66. The Morgan fingerprint density at radius 3 is 2.72 bits per heavy atom. The fourth-order valence-electron chi connectivity index (χ4n) is 3.09. The zero-order valence-corrected chi connectivity index (χ0v) is 12.1. The SMILES string of the molecule is CC1CCC(=O)C(CN2CCS(=O)(=O)CC2C)C1. The highest BCUT2D eigenvalue weighted by Gasteiger charge is 2.33. The maximum atomic E-state index is 11.9. The third kappa shape index (κ3) is 3.32. The van der Waals surface area contributed by atoms with Gasteiger partial charge >= 0.3 is 0 Å². The van der Waals surface area contributed by atoms with Crippen molar-refractivity contribution in [2.75, 3.05) is 24.6 Å². The zero-order valence-electron chi connectivity index (χ0n) is 11.3. The van der Waals surface area contributed by atoms with Gasteiger partial charge in [0.05, 0.1) is 11.5 Å². The first-order chi connectivity index (χ1) is 8.37. The van der Waals surface area contributed by atoms with Crippen LogP contribution in [-0.2, 0) is 14.6 Å². The Morgan fingerprint density at radius 1 is 1.33 bits per heavy atom. The highest BCUT2D eigenvalue weighted by atomic mass is 32.2. The topological polar surface area (TPSA) is 54.5 Å². The lowest BCUT2D eigenvalue weighted by atomic mass is 9.81. The molecule has 104 valence electrons. The van der Waals surface area contributed by atoms with Gasteiger partial charge in [-0.05, 0) is 25.7 Å². The molecule has 1 saturated carbocycles. The molecule has 0 amide bonds. The van der Waals surface area contributed by atoms with Gasteiger partial charge in [-0.2, -0.15) is 0 Å². The Kier molecular flexibility index (Phi) is 4.11. The molecular formula is C13H23NO3S. The van der Waals surface area contributed by atoms with Crippen LogP contribution in [0.2, 0.25) is 0 Å². The molecule has 1 heterocycles. The molecule has 0 aromatic rings. The highest BCUT2D eigenvalue weighted by molar-refractivity contribution is 7.91. The molecule has 2 rings (SSSR count). The Labute approximate surface area is 110 Å². The quantitative estimate of drug-likeness (QED) is 0.756. The number of ketones is 1. The van der Waals surface area contributed by atoms with E-state index in [1.54, 1.807) is 0 Å². The molecule has 0 N–H and O–H groups in total. The van der Waals surface area contributed by atoms with Gasteiger partial charge < -0.3 is 0 Å². The highest BCUT2D eigenvalue weighted by Crippen LogP contribution is 2.27. The van der Waals surface area contributed by atoms with Gasteiger partial charge in [-0.1, -0.05) is 6.92 Å². The predicted molar refractivity (Wildman–Crippen MR) is 71.2 cm³/mol. The second kappa shape index (κ2) is 5.29. The number of hydrogen-bond donors (Lipinski definition) is 0. The molecule has 0 aromatic carbocycles. The van der Waals surface area contributed by atoms with Crippen molar-refractivity contribution in [2.24, 2.45) is 11.8 Å². The molecule has 5 heteroatoms. The van der Waals surface area contributed by atoms with E-state index in [0.717, 1.165) is 19.4 Å². The first kappa shape index (κ1) is 14.0. The summed E-state index contributed by atoms with van der Waals surface area (Å²) in [6.45, 7) is 5.48. The minimum Gasteiger partial charge on any atom is -0.299 e. The third-order valence-corrected chi connectivity index (χ3v) is 6.08. The maximum absolute atomic E-state index is 11.9. The summed E-state index contributed by atoms with van der Waals surface area (Å²) in [5, 5.41) is 0. The van der Waals surface area contributed by atoms with Crippen molar-refractivity contribution in [1.82, 2.24) is 4.90 Å². The number of carbonyl (C=O) groups is 1. The van der Waals surface area contributed by atoms with Gasteiger partial charge in [0.2, 0.25) is 0 Å². The largest absolute Gasteiger partial charge is 0.299 e. The fourth-order valence-corrected chi connectivity index (χ4v) is 4.72. The average Bonchev–Trinajstić information content (AvgIpc) is 2.26. The van der Waals surface area contributed by atoms with Crippen LogP contribution in [-0.4, -0.2) is 49.7 Å². The van der Waals surface area contributed by atoms with Crippen LogP contribution in [0.1, 0.15) is 33.1 Å². The van der Waals surface area contributed by atoms with E-state index < -0.39 is 9.84 Å². The normalized spacial score (nSPS) is 37.7. The van der Waals surface area contributed by atoms with Gasteiger partial charge in [0.15, 0.2) is 9.84 Å². The lowest BCUT2D eigenvalue weighted by Crippen LogP contribution is -2.49. The van der Waals surface area contributed by atoms with Crippen LogP contribution in [0, 0.1) is 11.8 Å². The molecule has 2 fully saturated rings. The van der Waals surface area contributed by atoms with E-state index in [0.29, 0.717) is 24.7 Å². The summed E-state index contributed by atoms with van der Waals surface area (Å²) in [6.07, 6.45) is 2.68. The minimum absolute atomic E-state index is 0.0498. The summed E-state index contributed by atoms with van der Waals surface area (Å²) in [7, 11) is -2.86. The van der Waals surface area contributed by atoms with Crippen molar-refractivity contribution in [3.05, 3.63) is 0 Å². The van der Waals surface area contributed by atoms with E-state index in [9.17, 15) is 13.2 Å². The molecule has 18 heavy (non-hydrogen) atoms. The van der Waals surface area contributed by atoms with Gasteiger partial charge in [0.1, 0.15) is 5.78 Å². The van der Waals surface area contributed by atoms with E-state index in [4.69, 9.17) is 0 Å². The van der Waals surface area contributed by atoms with Crippen LogP contribution in [0.15, 0.2) is 0 Å². The minimum atomic E-state index is -2.86. The summed E-state index contributed by atoms with van der Waals surface area (Å²) in [5.41, 5.74) is 0. The first-order valence-electron chi connectivity index (χ1n) is 6.84. The molecule has 0 spiro atoms. The van der Waals surface area contributed by atoms with Crippen LogP contribution in [0.4, 0.5) is 0 Å². The Balaban J connectivity index is 1.95. The van der Waals surface area contributed by atoms with Gasteiger partial charge in [-0.15, -0.1) is 0 Å². The number of sulfone groups is 1. The molecule has 0 bridgehead atoms. The molecule has 2 aliphatic rings. The Hall–Kier alpha value is -0.420. The molecule has 3 unspecified atom stereocenters. The van der Waals surface area contributed by atoms with E-state index in [1.807, 2.05) is 6.92 Å². The molecular weight excluding hydrogens is 250 g/mol. The molecule has 1 aliphatic heterocycles. The van der Waals surface area contributed by atoms with E-state index in [1.165, 1.54) is 0 Å². The predicted octanol–water partition coefficient (Wildman–Crippen LogP) is 1.11. The van der Waals surface area contributed by atoms with Crippen LogP contribution in [0.25, 0.3) is 0 Å². The van der Waals surface area contributed by atoms with Crippen molar-refractivity contribution in [3.8, 4) is 0 Å². The Bertz CT molecular complexity index is 418. The van der Waals surface area contributed by atoms with Crippen molar-refractivity contribution >= 4 is 15.6 Å². The monoisotopic (exact) mass is 273 g/mol. The van der Waals surface area contributed by atoms with Crippen molar-refractivity contribution in [2.45, 2.75) is 39.2 Å². The number of hydrogen-bond acceptors (Lipinski definition) is 4. The standard InChI is InChI=1S/C13H23NO3S/c1-10-3-4-13(15)12(7-10)8-14-5-6-18(16,17)9-11(14)2/h10-12H,3-9H2,1-2H3. The molecule has 3 atom stereocenters. The van der Waals surface area contributed by atoms with Crippen LogP contribution in [0.5, 0.6) is 0 Å². The van der Waals surface area contributed by atoms with Crippen molar-refractivity contribution in [3.63, 3.8) is 0 Å². The summed E-state index contributed by atoms with van der Waals surface area (Å²) >= 11 is 0.